The van der Waals surface area contributed by atoms with Crippen molar-refractivity contribution in [2.24, 2.45) is 0 Å². The van der Waals surface area contributed by atoms with Crippen LogP contribution in [0.3, 0.4) is 0 Å². The van der Waals surface area contributed by atoms with Crippen molar-refractivity contribution in [1.29, 1.82) is 0 Å². The highest BCUT2D eigenvalue weighted by Gasteiger charge is 2.24. The van der Waals surface area contributed by atoms with Crippen molar-refractivity contribution >= 4 is 17.5 Å². The molecule has 164 valence electrons. The largest absolute Gasteiger partial charge is 0.463 e. The Labute approximate surface area is 192 Å². The van der Waals surface area contributed by atoms with E-state index in [0.29, 0.717) is 35.3 Å². The smallest absolute Gasteiger partial charge is 0.272 e. The van der Waals surface area contributed by atoms with E-state index in [9.17, 15) is 4.79 Å². The Hall–Kier alpha value is -3.35. The van der Waals surface area contributed by atoms with Gasteiger partial charge in [-0.15, -0.1) is 0 Å². The van der Waals surface area contributed by atoms with Crippen LogP contribution >= 0.6 is 11.6 Å². The second kappa shape index (κ2) is 9.85. The topological polar surface area (TPSA) is 54.5 Å². The molecule has 6 nitrogen and oxygen atoms in total. The predicted molar refractivity (Wildman–Crippen MR) is 126 cm³/mol. The molecule has 2 aromatic carbocycles. The fraction of sp³-hybridized carbons (Fsp3) is 0.200. The normalized spacial score (nSPS) is 11.1. The first-order valence-electron chi connectivity index (χ1n) is 10.4. The van der Waals surface area contributed by atoms with Crippen LogP contribution in [0.25, 0.3) is 17.1 Å². The van der Waals surface area contributed by atoms with E-state index in [4.69, 9.17) is 16.0 Å². The van der Waals surface area contributed by atoms with Crippen molar-refractivity contribution in [2.45, 2.75) is 6.54 Å². The fourth-order valence-electron chi connectivity index (χ4n) is 3.40. The molecule has 0 atom stereocenters. The molecule has 0 saturated carbocycles. The Morgan fingerprint density at radius 1 is 1.00 bits per heavy atom. The minimum absolute atomic E-state index is 0.101. The molecular weight excluding hydrogens is 424 g/mol. The summed E-state index contributed by atoms with van der Waals surface area (Å²) < 4.78 is 7.19. The number of carbonyl (C=O) groups is 1. The molecule has 0 aliphatic rings. The van der Waals surface area contributed by atoms with Gasteiger partial charge in [0.1, 0.15) is 11.4 Å². The van der Waals surface area contributed by atoms with E-state index < -0.39 is 0 Å². The van der Waals surface area contributed by atoms with Crippen molar-refractivity contribution in [3.63, 3.8) is 0 Å². The van der Waals surface area contributed by atoms with Gasteiger partial charge in [0.2, 0.25) is 0 Å². The molecule has 0 aliphatic carbocycles. The number of amides is 1. The Kier molecular flexibility index (Phi) is 6.73. The Morgan fingerprint density at radius 3 is 2.41 bits per heavy atom. The molecule has 1 amide bonds. The number of rotatable bonds is 8. The fourth-order valence-corrected chi connectivity index (χ4v) is 3.52. The minimum atomic E-state index is -0.101. The maximum atomic E-state index is 13.8. The van der Waals surface area contributed by atoms with Gasteiger partial charge in [-0.3, -0.25) is 4.79 Å². The number of benzene rings is 2. The van der Waals surface area contributed by atoms with E-state index in [1.807, 2.05) is 67.5 Å². The summed E-state index contributed by atoms with van der Waals surface area (Å²) in [7, 11) is 4.00. The number of hydrogen-bond acceptors (Lipinski definition) is 4. The first-order valence-corrected chi connectivity index (χ1v) is 10.8. The number of nitrogens with zero attached hydrogens (tertiary/aromatic N) is 4. The summed E-state index contributed by atoms with van der Waals surface area (Å²) in [6, 6.07) is 22.7. The van der Waals surface area contributed by atoms with Crippen LogP contribution in [0, 0.1) is 0 Å². The van der Waals surface area contributed by atoms with Gasteiger partial charge in [-0.2, -0.15) is 5.10 Å². The van der Waals surface area contributed by atoms with Gasteiger partial charge in [0.15, 0.2) is 5.76 Å². The summed E-state index contributed by atoms with van der Waals surface area (Å²) in [5.41, 5.74) is 2.89. The third kappa shape index (κ3) is 5.10. The average Bonchev–Trinajstić information content (AvgIpc) is 3.47. The third-order valence-electron chi connectivity index (χ3n) is 5.09. The Morgan fingerprint density at radius 2 is 1.75 bits per heavy atom. The predicted octanol–water partition coefficient (Wildman–Crippen LogP) is 4.99. The number of halogens is 1. The summed E-state index contributed by atoms with van der Waals surface area (Å²) in [6.45, 7) is 1.84. The quantitative estimate of drug-likeness (QED) is 0.381. The van der Waals surface area contributed by atoms with Gasteiger partial charge < -0.3 is 14.2 Å². The summed E-state index contributed by atoms with van der Waals surface area (Å²) in [6.07, 6.45) is 1.59. The maximum Gasteiger partial charge on any atom is 0.272 e. The highest BCUT2D eigenvalue weighted by molar-refractivity contribution is 6.30. The lowest BCUT2D eigenvalue weighted by molar-refractivity contribution is 0.0722. The van der Waals surface area contributed by atoms with Gasteiger partial charge in [0.05, 0.1) is 12.0 Å². The van der Waals surface area contributed by atoms with Crippen LogP contribution in [0.2, 0.25) is 5.02 Å². The molecule has 0 fully saturated rings. The molecule has 4 aromatic rings. The molecule has 0 N–H and O–H groups in total. The van der Waals surface area contributed by atoms with Gasteiger partial charge >= 0.3 is 0 Å². The zero-order chi connectivity index (χ0) is 22.5. The van der Waals surface area contributed by atoms with E-state index in [-0.39, 0.29) is 5.91 Å². The second-order valence-corrected chi connectivity index (χ2v) is 8.23. The standard InChI is InChI=1S/C25H25ClN4O2/c1-28(2)14-15-29(18-19-7-4-3-5-8-19)25(31)23-17-22(24-9-6-16-32-24)27-30(23)21-12-10-20(26)11-13-21/h3-13,16-17H,14-15,18H2,1-2H3. The molecule has 32 heavy (non-hydrogen) atoms. The van der Waals surface area contributed by atoms with E-state index in [2.05, 4.69) is 10.00 Å². The molecule has 0 radical (unpaired) electrons. The van der Waals surface area contributed by atoms with Gasteiger partial charge in [-0.05, 0) is 56.1 Å². The minimum Gasteiger partial charge on any atom is -0.463 e. The van der Waals surface area contributed by atoms with Crippen molar-refractivity contribution in [3.05, 3.63) is 95.3 Å². The maximum absolute atomic E-state index is 13.8. The highest BCUT2D eigenvalue weighted by atomic mass is 35.5. The monoisotopic (exact) mass is 448 g/mol. The molecule has 0 aliphatic heterocycles. The molecular formula is C25H25ClN4O2. The van der Waals surface area contributed by atoms with Crippen LogP contribution in [0.1, 0.15) is 16.1 Å². The van der Waals surface area contributed by atoms with Crippen molar-refractivity contribution < 1.29 is 9.21 Å². The van der Waals surface area contributed by atoms with Gasteiger partial charge in [-0.25, -0.2) is 4.68 Å². The van der Waals surface area contributed by atoms with Crippen LogP contribution in [0.5, 0.6) is 0 Å². The van der Waals surface area contributed by atoms with Crippen molar-refractivity contribution in [1.82, 2.24) is 19.6 Å². The lowest BCUT2D eigenvalue weighted by Crippen LogP contribution is -2.37. The molecule has 7 heteroatoms. The van der Waals surface area contributed by atoms with Gasteiger partial charge in [0.25, 0.3) is 5.91 Å². The Bertz CT molecular complexity index is 1150. The number of carbonyl (C=O) groups excluding carboxylic acids is 1. The van der Waals surface area contributed by atoms with Gasteiger partial charge in [0, 0.05) is 30.7 Å². The number of hydrogen-bond donors (Lipinski definition) is 0. The molecule has 0 unspecified atom stereocenters. The Balaban J connectivity index is 1.73. The second-order valence-electron chi connectivity index (χ2n) is 7.80. The first kappa shape index (κ1) is 21.9. The van der Waals surface area contributed by atoms with E-state index in [0.717, 1.165) is 17.8 Å². The third-order valence-corrected chi connectivity index (χ3v) is 5.35. The molecule has 0 spiro atoms. The van der Waals surface area contributed by atoms with E-state index >= 15 is 0 Å². The van der Waals surface area contributed by atoms with E-state index in [1.54, 1.807) is 35.2 Å². The molecule has 2 aromatic heterocycles. The molecule has 4 rings (SSSR count). The highest BCUT2D eigenvalue weighted by Crippen LogP contribution is 2.24. The number of likely N-dealkylation sites (N-methyl/N-ethyl adjacent to an activating group) is 1. The lowest BCUT2D eigenvalue weighted by atomic mass is 10.2. The van der Waals surface area contributed by atoms with Crippen molar-refractivity contribution in [3.8, 4) is 17.1 Å². The lowest BCUT2D eigenvalue weighted by Gasteiger charge is -2.25. The average molecular weight is 449 g/mol. The summed E-state index contributed by atoms with van der Waals surface area (Å²) >= 11 is 6.08. The number of furan rings is 1. The zero-order valence-corrected chi connectivity index (χ0v) is 18.9. The first-order chi connectivity index (χ1) is 15.5. The SMILES string of the molecule is CN(C)CCN(Cc1ccccc1)C(=O)c1cc(-c2ccco2)nn1-c1ccc(Cl)cc1. The van der Waals surface area contributed by atoms with Crippen LogP contribution in [-0.4, -0.2) is 52.7 Å². The number of aromatic nitrogens is 2. The zero-order valence-electron chi connectivity index (χ0n) is 18.1. The van der Waals surface area contributed by atoms with Crippen LogP contribution in [0.15, 0.2) is 83.5 Å². The van der Waals surface area contributed by atoms with Crippen LogP contribution < -0.4 is 0 Å². The van der Waals surface area contributed by atoms with Gasteiger partial charge in [-0.1, -0.05) is 41.9 Å². The van der Waals surface area contributed by atoms with E-state index in [1.165, 1.54) is 0 Å². The molecule has 2 heterocycles. The van der Waals surface area contributed by atoms with Crippen LogP contribution in [0.4, 0.5) is 0 Å². The summed E-state index contributed by atoms with van der Waals surface area (Å²) in [5.74, 6) is 0.505. The summed E-state index contributed by atoms with van der Waals surface area (Å²) in [4.78, 5) is 17.7. The summed E-state index contributed by atoms with van der Waals surface area (Å²) in [5, 5.41) is 5.30. The molecule has 0 bridgehead atoms. The van der Waals surface area contributed by atoms with Crippen molar-refractivity contribution in [2.75, 3.05) is 27.2 Å². The van der Waals surface area contributed by atoms with Crippen LogP contribution in [-0.2, 0) is 6.54 Å². The molecule has 0 saturated heterocycles.